The van der Waals surface area contributed by atoms with Gasteiger partial charge in [-0.25, -0.2) is 0 Å². The van der Waals surface area contributed by atoms with Crippen LogP contribution in [0.5, 0.6) is 5.75 Å². The Balaban J connectivity index is 1.53. The average molecular weight is 336 g/mol. The fraction of sp³-hybridized carbons (Fsp3) is 0.200. The number of nitrogens with one attached hydrogen (secondary N) is 1. The first-order valence-corrected chi connectivity index (χ1v) is 8.12. The molecule has 25 heavy (non-hydrogen) atoms. The number of ketones is 1. The van der Waals surface area contributed by atoms with E-state index in [1.807, 2.05) is 36.4 Å². The minimum absolute atomic E-state index is 0.0608. The molecule has 0 aliphatic rings. The molecular formula is C20H20N2O3. The van der Waals surface area contributed by atoms with Crippen molar-refractivity contribution >= 4 is 22.5 Å². The standard InChI is InChI=1S/C20H20N2O3/c1-14(23)17-12-19(22(2)13-17)20(24)21-9-10-25-18-8-7-15-5-3-4-6-16(15)11-18/h3-8,11-13H,9-10H2,1-2H3,(H,21,24). The molecular weight excluding hydrogens is 316 g/mol. The van der Waals surface area contributed by atoms with Crippen molar-refractivity contribution in [2.24, 2.45) is 7.05 Å². The van der Waals surface area contributed by atoms with Gasteiger partial charge in [-0.2, -0.15) is 0 Å². The minimum atomic E-state index is -0.225. The molecule has 0 aliphatic carbocycles. The Morgan fingerprint density at radius 1 is 1.08 bits per heavy atom. The van der Waals surface area contributed by atoms with Crippen LogP contribution in [0, 0.1) is 0 Å². The third-order valence-electron chi connectivity index (χ3n) is 4.02. The van der Waals surface area contributed by atoms with Crippen molar-refractivity contribution in [1.82, 2.24) is 9.88 Å². The Morgan fingerprint density at radius 3 is 2.56 bits per heavy atom. The highest BCUT2D eigenvalue weighted by molar-refractivity contribution is 5.99. The smallest absolute Gasteiger partial charge is 0.268 e. The van der Waals surface area contributed by atoms with Crippen molar-refractivity contribution in [3.8, 4) is 5.75 Å². The number of amides is 1. The number of nitrogens with zero attached hydrogens (tertiary/aromatic N) is 1. The van der Waals surface area contributed by atoms with Gasteiger partial charge in [0.25, 0.3) is 5.91 Å². The van der Waals surface area contributed by atoms with Crippen molar-refractivity contribution in [3.05, 3.63) is 66.0 Å². The normalized spacial score (nSPS) is 10.6. The number of hydrogen-bond acceptors (Lipinski definition) is 3. The Kier molecular flexibility index (Phi) is 4.84. The van der Waals surface area contributed by atoms with Gasteiger partial charge < -0.3 is 14.6 Å². The maximum absolute atomic E-state index is 12.2. The van der Waals surface area contributed by atoms with Gasteiger partial charge in [0.05, 0.1) is 6.54 Å². The molecule has 0 radical (unpaired) electrons. The molecule has 3 aromatic rings. The second-order valence-electron chi connectivity index (χ2n) is 5.89. The minimum Gasteiger partial charge on any atom is -0.492 e. The van der Waals surface area contributed by atoms with Crippen molar-refractivity contribution < 1.29 is 14.3 Å². The topological polar surface area (TPSA) is 60.3 Å². The summed E-state index contributed by atoms with van der Waals surface area (Å²) < 4.78 is 7.35. The summed E-state index contributed by atoms with van der Waals surface area (Å²) in [5, 5.41) is 5.08. The van der Waals surface area contributed by atoms with Gasteiger partial charge in [0.2, 0.25) is 0 Å². The van der Waals surface area contributed by atoms with Crippen molar-refractivity contribution in [2.45, 2.75) is 6.92 Å². The largest absolute Gasteiger partial charge is 0.492 e. The van der Waals surface area contributed by atoms with Crippen LogP contribution in [-0.2, 0) is 7.05 Å². The fourth-order valence-electron chi connectivity index (χ4n) is 2.66. The van der Waals surface area contributed by atoms with Crippen LogP contribution in [0.4, 0.5) is 0 Å². The summed E-state index contributed by atoms with van der Waals surface area (Å²) in [4.78, 5) is 23.6. The summed E-state index contributed by atoms with van der Waals surface area (Å²) in [5.41, 5.74) is 0.982. The average Bonchev–Trinajstić information content (AvgIpc) is 3.00. The molecule has 0 fully saturated rings. The molecule has 128 valence electrons. The first-order valence-electron chi connectivity index (χ1n) is 8.12. The van der Waals surface area contributed by atoms with Gasteiger partial charge in [0.1, 0.15) is 18.1 Å². The second kappa shape index (κ2) is 7.21. The fourth-order valence-corrected chi connectivity index (χ4v) is 2.66. The summed E-state index contributed by atoms with van der Waals surface area (Å²) in [6, 6.07) is 15.6. The van der Waals surface area contributed by atoms with Crippen LogP contribution in [0.3, 0.4) is 0 Å². The molecule has 0 unspecified atom stereocenters. The lowest BCUT2D eigenvalue weighted by atomic mass is 10.1. The quantitative estimate of drug-likeness (QED) is 0.555. The van der Waals surface area contributed by atoms with Gasteiger partial charge in [-0.15, -0.1) is 0 Å². The van der Waals surface area contributed by atoms with E-state index in [4.69, 9.17) is 4.74 Å². The number of fused-ring (bicyclic) bond motifs is 1. The van der Waals surface area contributed by atoms with E-state index in [0.717, 1.165) is 16.5 Å². The van der Waals surface area contributed by atoms with Gasteiger partial charge in [0.15, 0.2) is 5.78 Å². The second-order valence-corrected chi connectivity index (χ2v) is 5.89. The zero-order valence-corrected chi connectivity index (χ0v) is 14.3. The summed E-state index contributed by atoms with van der Waals surface area (Å²) in [5.74, 6) is 0.483. The monoisotopic (exact) mass is 336 g/mol. The van der Waals surface area contributed by atoms with E-state index >= 15 is 0 Å². The van der Waals surface area contributed by atoms with Gasteiger partial charge in [-0.05, 0) is 35.9 Å². The van der Waals surface area contributed by atoms with Crippen LogP contribution in [0.1, 0.15) is 27.8 Å². The molecule has 5 heteroatoms. The van der Waals surface area contributed by atoms with Crippen molar-refractivity contribution in [1.29, 1.82) is 0 Å². The predicted molar refractivity (Wildman–Crippen MR) is 97.2 cm³/mol. The van der Waals surface area contributed by atoms with Crippen LogP contribution in [0.2, 0.25) is 0 Å². The summed E-state index contributed by atoms with van der Waals surface area (Å²) in [6.07, 6.45) is 1.66. The van der Waals surface area contributed by atoms with Gasteiger partial charge >= 0.3 is 0 Å². The molecule has 0 saturated heterocycles. The Labute approximate surface area is 146 Å². The zero-order chi connectivity index (χ0) is 17.8. The van der Waals surface area contributed by atoms with Crippen LogP contribution in [0.15, 0.2) is 54.7 Å². The van der Waals surface area contributed by atoms with Crippen LogP contribution in [-0.4, -0.2) is 29.4 Å². The van der Waals surface area contributed by atoms with E-state index in [-0.39, 0.29) is 11.7 Å². The molecule has 1 amide bonds. The number of hydrogen-bond donors (Lipinski definition) is 1. The Bertz CT molecular complexity index is 928. The Hall–Kier alpha value is -3.08. The number of aryl methyl sites for hydroxylation is 1. The third kappa shape index (κ3) is 3.88. The number of Topliss-reactive ketones (excluding diaryl/α,β-unsaturated/α-hetero) is 1. The molecule has 0 saturated carbocycles. The Morgan fingerprint density at radius 2 is 1.84 bits per heavy atom. The summed E-state index contributed by atoms with van der Waals surface area (Å²) >= 11 is 0. The molecule has 1 heterocycles. The molecule has 0 spiro atoms. The highest BCUT2D eigenvalue weighted by Crippen LogP contribution is 2.20. The predicted octanol–water partition coefficient (Wildman–Crippen LogP) is 3.19. The number of ether oxygens (including phenoxy) is 1. The molecule has 0 bridgehead atoms. The molecule has 2 aromatic carbocycles. The lowest BCUT2D eigenvalue weighted by Gasteiger charge is -2.09. The maximum Gasteiger partial charge on any atom is 0.268 e. The van der Waals surface area contributed by atoms with E-state index in [2.05, 4.69) is 11.4 Å². The highest BCUT2D eigenvalue weighted by atomic mass is 16.5. The first-order chi connectivity index (χ1) is 12.0. The number of carbonyl (C=O) groups is 2. The van der Waals surface area contributed by atoms with E-state index in [0.29, 0.717) is 24.4 Å². The van der Waals surface area contributed by atoms with E-state index in [9.17, 15) is 9.59 Å². The van der Waals surface area contributed by atoms with E-state index in [1.54, 1.807) is 23.9 Å². The number of rotatable bonds is 6. The third-order valence-corrected chi connectivity index (χ3v) is 4.02. The molecule has 3 rings (SSSR count). The highest BCUT2D eigenvalue weighted by Gasteiger charge is 2.13. The van der Waals surface area contributed by atoms with E-state index in [1.165, 1.54) is 6.92 Å². The SMILES string of the molecule is CC(=O)c1cc(C(=O)NCCOc2ccc3ccccc3c2)n(C)c1. The van der Waals surface area contributed by atoms with Crippen molar-refractivity contribution in [2.75, 3.05) is 13.2 Å². The first kappa shape index (κ1) is 16.8. The van der Waals surface area contributed by atoms with Gasteiger partial charge in [0, 0.05) is 18.8 Å². The number of benzene rings is 2. The lowest BCUT2D eigenvalue weighted by Crippen LogP contribution is -2.29. The molecule has 5 nitrogen and oxygen atoms in total. The van der Waals surface area contributed by atoms with Crippen LogP contribution < -0.4 is 10.1 Å². The summed E-state index contributed by atoms with van der Waals surface area (Å²) in [6.45, 7) is 2.23. The molecule has 0 aliphatic heterocycles. The maximum atomic E-state index is 12.2. The summed E-state index contributed by atoms with van der Waals surface area (Å²) in [7, 11) is 1.74. The molecule has 1 N–H and O–H groups in total. The number of carbonyl (C=O) groups excluding carboxylic acids is 2. The van der Waals surface area contributed by atoms with Gasteiger partial charge in [-0.3, -0.25) is 9.59 Å². The molecule has 1 aromatic heterocycles. The van der Waals surface area contributed by atoms with Gasteiger partial charge in [-0.1, -0.05) is 30.3 Å². The van der Waals surface area contributed by atoms with E-state index < -0.39 is 0 Å². The lowest BCUT2D eigenvalue weighted by molar-refractivity contribution is 0.0938. The number of aromatic nitrogens is 1. The van der Waals surface area contributed by atoms with Crippen LogP contribution in [0.25, 0.3) is 10.8 Å². The van der Waals surface area contributed by atoms with Crippen LogP contribution >= 0.6 is 0 Å². The molecule has 0 atom stereocenters. The zero-order valence-electron chi connectivity index (χ0n) is 14.3. The van der Waals surface area contributed by atoms with Crippen molar-refractivity contribution in [3.63, 3.8) is 0 Å².